The maximum atomic E-state index is 14.9. The number of benzene rings is 2. The van der Waals surface area contributed by atoms with Gasteiger partial charge in [-0.2, -0.15) is 0 Å². The zero-order valence-corrected chi connectivity index (χ0v) is 18.3. The van der Waals surface area contributed by atoms with Crippen LogP contribution in [0.4, 0.5) is 8.78 Å². The van der Waals surface area contributed by atoms with Gasteiger partial charge in [-0.1, -0.05) is 12.1 Å². The number of likely N-dealkylation sites (tertiary alicyclic amines) is 1. The van der Waals surface area contributed by atoms with E-state index in [2.05, 4.69) is 4.90 Å². The van der Waals surface area contributed by atoms with E-state index in [1.54, 1.807) is 31.4 Å². The lowest BCUT2D eigenvalue weighted by atomic mass is 9.89. The molecule has 0 bridgehead atoms. The van der Waals surface area contributed by atoms with E-state index in [1.807, 2.05) is 4.90 Å². The summed E-state index contributed by atoms with van der Waals surface area (Å²) in [7, 11) is 1.58. The van der Waals surface area contributed by atoms with Crippen LogP contribution in [-0.2, 0) is 16.1 Å². The first-order chi connectivity index (χ1) is 15.5. The van der Waals surface area contributed by atoms with Gasteiger partial charge in [-0.05, 0) is 61.1 Å². The van der Waals surface area contributed by atoms with Crippen molar-refractivity contribution in [3.8, 4) is 16.9 Å². The van der Waals surface area contributed by atoms with Gasteiger partial charge in [0.05, 0.1) is 19.3 Å². The van der Waals surface area contributed by atoms with Crippen LogP contribution in [-0.4, -0.2) is 60.7 Å². The Morgan fingerprint density at radius 2 is 1.72 bits per heavy atom. The lowest BCUT2D eigenvalue weighted by Crippen LogP contribution is -2.59. The molecule has 1 aliphatic carbocycles. The van der Waals surface area contributed by atoms with Crippen molar-refractivity contribution in [3.05, 3.63) is 53.6 Å². The van der Waals surface area contributed by atoms with Crippen LogP contribution in [0.1, 0.15) is 31.2 Å². The molecule has 2 aliphatic heterocycles. The number of carbonyl (C=O) groups excluding carboxylic acids is 1. The lowest BCUT2D eigenvalue weighted by molar-refractivity contribution is -0.172. The second-order valence-corrected chi connectivity index (χ2v) is 9.15. The summed E-state index contributed by atoms with van der Waals surface area (Å²) in [6.07, 6.45) is 3.69. The molecule has 2 saturated heterocycles. The van der Waals surface area contributed by atoms with Crippen molar-refractivity contribution >= 4 is 5.91 Å². The van der Waals surface area contributed by atoms with Crippen LogP contribution in [0.5, 0.6) is 5.75 Å². The first-order valence-electron chi connectivity index (χ1n) is 11.2. The summed E-state index contributed by atoms with van der Waals surface area (Å²) in [6, 6.07) is 10.3. The number of halogens is 2. The summed E-state index contributed by atoms with van der Waals surface area (Å²) in [4.78, 5) is 16.2. The Morgan fingerprint density at radius 3 is 2.31 bits per heavy atom. The number of morpholine rings is 1. The summed E-state index contributed by atoms with van der Waals surface area (Å²) in [5.74, 6) is -0.284. The number of amides is 1. The minimum atomic E-state index is -0.532. The average Bonchev–Trinajstić information content (AvgIpc) is 3.65. The van der Waals surface area contributed by atoms with Crippen LogP contribution >= 0.6 is 0 Å². The normalized spacial score (nSPS) is 21.2. The minimum Gasteiger partial charge on any atom is -0.497 e. The molecule has 1 amide bonds. The Bertz CT molecular complexity index is 976. The van der Waals surface area contributed by atoms with Crippen molar-refractivity contribution in [2.24, 2.45) is 0 Å². The largest absolute Gasteiger partial charge is 0.497 e. The maximum Gasteiger partial charge on any atom is 0.248 e. The summed E-state index contributed by atoms with van der Waals surface area (Å²) in [5.41, 5.74) is 1.02. The second kappa shape index (κ2) is 8.45. The molecular weight excluding hydrogens is 414 g/mol. The number of piperidine rings is 1. The van der Waals surface area contributed by atoms with Gasteiger partial charge in [0.25, 0.3) is 0 Å². The first-order valence-corrected chi connectivity index (χ1v) is 11.2. The fourth-order valence-corrected chi connectivity index (χ4v) is 4.81. The van der Waals surface area contributed by atoms with Crippen molar-refractivity contribution in [1.29, 1.82) is 0 Å². The van der Waals surface area contributed by atoms with Crippen LogP contribution < -0.4 is 4.74 Å². The summed E-state index contributed by atoms with van der Waals surface area (Å²) < 4.78 is 40.9. The van der Waals surface area contributed by atoms with Crippen LogP contribution in [0, 0.1) is 11.6 Å². The van der Waals surface area contributed by atoms with Gasteiger partial charge in [0, 0.05) is 31.2 Å². The second-order valence-electron chi connectivity index (χ2n) is 9.15. The highest BCUT2D eigenvalue weighted by Gasteiger charge is 2.46. The van der Waals surface area contributed by atoms with Gasteiger partial charge >= 0.3 is 0 Å². The van der Waals surface area contributed by atoms with E-state index in [-0.39, 0.29) is 30.2 Å². The predicted octanol–water partition coefficient (Wildman–Crippen LogP) is 4.00. The standard InChI is InChI=1S/C25H28F2N2O3/c1-31-20-6-2-17(3-7-20)18-12-22(26)21(23(27)13-18)14-28-10-8-25(9-11-28)16-29(19-4-5-19)24(30)15-32-25/h2-3,6-7,12-13,19H,4-5,8-11,14-16H2,1H3. The number of hydrogen-bond acceptors (Lipinski definition) is 4. The van der Waals surface area contributed by atoms with E-state index < -0.39 is 11.6 Å². The van der Waals surface area contributed by atoms with E-state index in [0.717, 1.165) is 31.2 Å². The van der Waals surface area contributed by atoms with Crippen LogP contribution in [0.3, 0.4) is 0 Å². The zero-order valence-electron chi connectivity index (χ0n) is 18.3. The molecular formula is C25H28F2N2O3. The quantitative estimate of drug-likeness (QED) is 0.702. The molecule has 5 rings (SSSR count). The lowest BCUT2D eigenvalue weighted by Gasteiger charge is -2.47. The summed E-state index contributed by atoms with van der Waals surface area (Å²) in [5, 5.41) is 0. The molecule has 5 nitrogen and oxygen atoms in total. The van der Waals surface area contributed by atoms with Gasteiger partial charge in [0.15, 0.2) is 0 Å². The molecule has 7 heteroatoms. The SMILES string of the molecule is COc1ccc(-c2cc(F)c(CN3CCC4(CC3)CN(C3CC3)C(=O)CO4)c(F)c2)cc1. The molecule has 0 radical (unpaired) electrons. The monoisotopic (exact) mass is 442 g/mol. The van der Waals surface area contributed by atoms with Gasteiger partial charge in [-0.15, -0.1) is 0 Å². The molecule has 1 spiro atoms. The van der Waals surface area contributed by atoms with E-state index in [4.69, 9.17) is 9.47 Å². The number of nitrogens with zero attached hydrogens (tertiary/aromatic N) is 2. The third kappa shape index (κ3) is 4.24. The molecule has 32 heavy (non-hydrogen) atoms. The highest BCUT2D eigenvalue weighted by Crippen LogP contribution is 2.37. The van der Waals surface area contributed by atoms with Crippen LogP contribution in [0.25, 0.3) is 11.1 Å². The molecule has 0 atom stereocenters. The molecule has 0 aromatic heterocycles. The molecule has 0 unspecified atom stereocenters. The number of methoxy groups -OCH3 is 1. The predicted molar refractivity (Wildman–Crippen MR) is 116 cm³/mol. The Morgan fingerprint density at radius 1 is 1.06 bits per heavy atom. The number of carbonyl (C=O) groups is 1. The Balaban J connectivity index is 1.24. The van der Waals surface area contributed by atoms with Crippen molar-refractivity contribution in [2.75, 3.05) is 33.4 Å². The molecule has 3 aliphatic rings. The molecule has 3 fully saturated rings. The first kappa shape index (κ1) is 21.3. The van der Waals surface area contributed by atoms with Crippen LogP contribution in [0.2, 0.25) is 0 Å². The van der Waals surface area contributed by atoms with Gasteiger partial charge in [-0.25, -0.2) is 8.78 Å². The molecule has 1 saturated carbocycles. The van der Waals surface area contributed by atoms with E-state index in [1.165, 1.54) is 12.1 Å². The Labute approximate surface area is 186 Å². The van der Waals surface area contributed by atoms with Gasteiger partial charge in [0.2, 0.25) is 5.91 Å². The topological polar surface area (TPSA) is 42.0 Å². The number of ether oxygens (including phenoxy) is 2. The number of rotatable bonds is 5. The average molecular weight is 443 g/mol. The maximum absolute atomic E-state index is 14.9. The summed E-state index contributed by atoms with van der Waals surface area (Å²) >= 11 is 0. The highest BCUT2D eigenvalue weighted by atomic mass is 19.1. The Hall–Kier alpha value is -2.51. The molecule has 170 valence electrons. The Kier molecular flexibility index (Phi) is 5.63. The van der Waals surface area contributed by atoms with Crippen molar-refractivity contribution in [1.82, 2.24) is 9.80 Å². The van der Waals surface area contributed by atoms with Crippen molar-refractivity contribution < 1.29 is 23.0 Å². The van der Waals surface area contributed by atoms with Crippen molar-refractivity contribution in [3.63, 3.8) is 0 Å². The summed E-state index contributed by atoms with van der Waals surface area (Å²) in [6.45, 7) is 2.38. The van der Waals surface area contributed by atoms with Crippen molar-refractivity contribution in [2.45, 2.75) is 43.9 Å². The highest BCUT2D eigenvalue weighted by molar-refractivity contribution is 5.79. The van der Waals surface area contributed by atoms with Crippen LogP contribution in [0.15, 0.2) is 36.4 Å². The smallest absolute Gasteiger partial charge is 0.248 e. The van der Waals surface area contributed by atoms with Gasteiger partial charge in [0.1, 0.15) is 24.0 Å². The minimum absolute atomic E-state index is 0.0849. The molecule has 2 aromatic carbocycles. The van der Waals surface area contributed by atoms with Gasteiger partial charge in [-0.3, -0.25) is 9.69 Å². The number of hydrogen-bond donors (Lipinski definition) is 0. The van der Waals surface area contributed by atoms with E-state index in [9.17, 15) is 13.6 Å². The third-order valence-electron chi connectivity index (χ3n) is 6.98. The van der Waals surface area contributed by atoms with E-state index in [0.29, 0.717) is 37.0 Å². The fraction of sp³-hybridized carbons (Fsp3) is 0.480. The third-order valence-corrected chi connectivity index (χ3v) is 6.98. The molecule has 0 N–H and O–H groups in total. The van der Waals surface area contributed by atoms with Gasteiger partial charge < -0.3 is 14.4 Å². The fourth-order valence-electron chi connectivity index (χ4n) is 4.81. The van der Waals surface area contributed by atoms with E-state index >= 15 is 0 Å². The molecule has 2 heterocycles. The molecule has 2 aromatic rings. The zero-order chi connectivity index (χ0) is 22.3.